The van der Waals surface area contributed by atoms with Crippen LogP contribution in [-0.2, 0) is 4.79 Å². The van der Waals surface area contributed by atoms with Crippen molar-refractivity contribution < 1.29 is 4.79 Å². The molecule has 0 aliphatic rings. The largest absolute Gasteiger partial charge is 0.325 e. The van der Waals surface area contributed by atoms with E-state index in [9.17, 15) is 10.1 Å². The maximum Gasteiger partial charge on any atom is 0.234 e. The second-order valence-electron chi connectivity index (χ2n) is 7.88. The predicted molar refractivity (Wildman–Crippen MR) is 140 cm³/mol. The second kappa shape index (κ2) is 10.6. The SMILES string of the molecule is Cc1ccc(C)c(NC(=O)CSc2nc(-c3ccc(Cl)cc3)cc(-c3ccccc3)c2C#N)c1. The lowest BCUT2D eigenvalue weighted by atomic mass is 9.99. The highest BCUT2D eigenvalue weighted by atomic mass is 35.5. The number of nitrogens with zero attached hydrogens (tertiary/aromatic N) is 2. The van der Waals surface area contributed by atoms with Crippen LogP contribution in [0.25, 0.3) is 22.4 Å². The normalized spacial score (nSPS) is 10.5. The van der Waals surface area contributed by atoms with Crippen molar-refractivity contribution in [1.29, 1.82) is 5.26 Å². The van der Waals surface area contributed by atoms with E-state index in [0.29, 0.717) is 21.3 Å². The number of rotatable bonds is 6. The van der Waals surface area contributed by atoms with E-state index in [1.165, 1.54) is 11.8 Å². The minimum atomic E-state index is -0.150. The number of aryl methyl sites for hydroxylation is 2. The fourth-order valence-electron chi connectivity index (χ4n) is 3.54. The molecule has 0 aliphatic carbocycles. The Morgan fingerprint density at radius 3 is 2.44 bits per heavy atom. The van der Waals surface area contributed by atoms with Crippen molar-refractivity contribution in [2.45, 2.75) is 18.9 Å². The minimum absolute atomic E-state index is 0.132. The Bertz CT molecular complexity index is 1380. The molecule has 6 heteroatoms. The molecule has 4 nitrogen and oxygen atoms in total. The number of anilines is 1. The van der Waals surface area contributed by atoms with Gasteiger partial charge in [0.15, 0.2) is 0 Å². The van der Waals surface area contributed by atoms with Gasteiger partial charge in [-0.25, -0.2) is 4.98 Å². The van der Waals surface area contributed by atoms with Gasteiger partial charge >= 0.3 is 0 Å². The molecular weight excluding hydrogens is 462 g/mol. The highest BCUT2D eigenvalue weighted by Crippen LogP contribution is 2.34. The van der Waals surface area contributed by atoms with Crippen molar-refractivity contribution in [3.05, 3.63) is 101 Å². The van der Waals surface area contributed by atoms with Crippen LogP contribution in [0.15, 0.2) is 83.9 Å². The van der Waals surface area contributed by atoms with Crippen LogP contribution in [0.5, 0.6) is 0 Å². The summed E-state index contributed by atoms with van der Waals surface area (Å²) >= 11 is 7.32. The van der Waals surface area contributed by atoms with Crippen molar-refractivity contribution >= 4 is 35.0 Å². The number of carbonyl (C=O) groups excluding carboxylic acids is 1. The van der Waals surface area contributed by atoms with E-state index in [4.69, 9.17) is 16.6 Å². The van der Waals surface area contributed by atoms with E-state index in [1.807, 2.05) is 92.7 Å². The zero-order chi connectivity index (χ0) is 24.1. The molecule has 0 radical (unpaired) electrons. The Balaban J connectivity index is 1.68. The summed E-state index contributed by atoms with van der Waals surface area (Å²) in [6.45, 7) is 3.94. The monoisotopic (exact) mass is 483 g/mol. The average Bonchev–Trinajstić information content (AvgIpc) is 2.85. The fourth-order valence-corrected chi connectivity index (χ4v) is 4.47. The first-order valence-corrected chi connectivity index (χ1v) is 12.1. The number of hydrogen-bond acceptors (Lipinski definition) is 4. The van der Waals surface area contributed by atoms with Gasteiger partial charge in [-0.05, 0) is 54.8 Å². The number of nitriles is 1. The molecule has 0 fully saturated rings. The first kappa shape index (κ1) is 23.6. The zero-order valence-electron chi connectivity index (χ0n) is 18.8. The van der Waals surface area contributed by atoms with Crippen LogP contribution in [-0.4, -0.2) is 16.6 Å². The molecule has 0 saturated heterocycles. The molecular formula is C28H22ClN3OS. The van der Waals surface area contributed by atoms with Crippen LogP contribution >= 0.6 is 23.4 Å². The van der Waals surface area contributed by atoms with Gasteiger partial charge in [0.05, 0.1) is 17.0 Å². The lowest BCUT2D eigenvalue weighted by Gasteiger charge is -2.13. The minimum Gasteiger partial charge on any atom is -0.325 e. The maximum absolute atomic E-state index is 12.7. The number of carbonyl (C=O) groups is 1. The van der Waals surface area contributed by atoms with Gasteiger partial charge in [0, 0.05) is 21.8 Å². The van der Waals surface area contributed by atoms with Gasteiger partial charge in [-0.15, -0.1) is 0 Å². The topological polar surface area (TPSA) is 65.8 Å². The van der Waals surface area contributed by atoms with Gasteiger partial charge in [0.1, 0.15) is 11.1 Å². The molecule has 4 rings (SSSR count). The average molecular weight is 484 g/mol. The van der Waals surface area contributed by atoms with E-state index in [-0.39, 0.29) is 11.7 Å². The van der Waals surface area contributed by atoms with E-state index >= 15 is 0 Å². The predicted octanol–water partition coefficient (Wildman–Crippen LogP) is 7.29. The first-order chi connectivity index (χ1) is 16.4. The number of benzene rings is 3. The molecule has 1 heterocycles. The standard InChI is InChI=1S/C28H22ClN3OS/c1-18-8-9-19(2)25(14-18)31-27(33)17-34-28-24(16-30)23(20-6-4-3-5-7-20)15-26(32-28)21-10-12-22(29)13-11-21/h3-15H,17H2,1-2H3,(H,31,33). The summed E-state index contributed by atoms with van der Waals surface area (Å²) in [4.78, 5) is 17.5. The smallest absolute Gasteiger partial charge is 0.234 e. The van der Waals surface area contributed by atoms with E-state index < -0.39 is 0 Å². The Morgan fingerprint density at radius 1 is 1.00 bits per heavy atom. The fraction of sp³-hybridized carbons (Fsp3) is 0.107. The molecule has 0 saturated carbocycles. The van der Waals surface area contributed by atoms with Crippen molar-refractivity contribution in [2.75, 3.05) is 11.1 Å². The van der Waals surface area contributed by atoms with Gasteiger partial charge in [-0.3, -0.25) is 4.79 Å². The third kappa shape index (κ3) is 5.48. The van der Waals surface area contributed by atoms with Crippen molar-refractivity contribution in [2.24, 2.45) is 0 Å². The molecule has 0 spiro atoms. The van der Waals surface area contributed by atoms with Crippen LogP contribution in [0, 0.1) is 25.2 Å². The molecule has 4 aromatic rings. The molecule has 1 N–H and O–H groups in total. The van der Waals surface area contributed by atoms with Crippen molar-refractivity contribution in [3.8, 4) is 28.5 Å². The number of halogens is 1. The molecule has 168 valence electrons. The highest BCUT2D eigenvalue weighted by molar-refractivity contribution is 8.00. The summed E-state index contributed by atoms with van der Waals surface area (Å²) in [6.07, 6.45) is 0. The van der Waals surface area contributed by atoms with Crippen LogP contribution in [0.4, 0.5) is 5.69 Å². The highest BCUT2D eigenvalue weighted by Gasteiger charge is 2.17. The van der Waals surface area contributed by atoms with E-state index in [0.717, 1.165) is 33.5 Å². The number of aromatic nitrogens is 1. The summed E-state index contributed by atoms with van der Waals surface area (Å²) in [5.41, 5.74) is 6.60. The summed E-state index contributed by atoms with van der Waals surface area (Å²) in [5.74, 6) is -0.0181. The summed E-state index contributed by atoms with van der Waals surface area (Å²) in [5, 5.41) is 14.1. The summed E-state index contributed by atoms with van der Waals surface area (Å²) < 4.78 is 0. The van der Waals surface area contributed by atoms with E-state index in [2.05, 4.69) is 11.4 Å². The van der Waals surface area contributed by atoms with Gasteiger partial charge in [-0.2, -0.15) is 5.26 Å². The molecule has 1 amide bonds. The Labute approximate surface area is 208 Å². The zero-order valence-corrected chi connectivity index (χ0v) is 20.4. The van der Waals surface area contributed by atoms with Crippen LogP contribution < -0.4 is 5.32 Å². The molecule has 34 heavy (non-hydrogen) atoms. The molecule has 0 atom stereocenters. The third-order valence-corrected chi connectivity index (χ3v) is 6.56. The van der Waals surface area contributed by atoms with Crippen molar-refractivity contribution in [1.82, 2.24) is 4.98 Å². The lowest BCUT2D eigenvalue weighted by molar-refractivity contribution is -0.113. The van der Waals surface area contributed by atoms with Crippen molar-refractivity contribution in [3.63, 3.8) is 0 Å². The Morgan fingerprint density at radius 2 is 1.74 bits per heavy atom. The van der Waals surface area contributed by atoms with E-state index in [1.54, 1.807) is 0 Å². The second-order valence-corrected chi connectivity index (χ2v) is 9.28. The molecule has 1 aromatic heterocycles. The number of thioether (sulfide) groups is 1. The maximum atomic E-state index is 12.7. The van der Waals surface area contributed by atoms with Gasteiger partial charge in [0.25, 0.3) is 0 Å². The number of hydrogen-bond donors (Lipinski definition) is 1. The molecule has 0 aliphatic heterocycles. The number of amides is 1. The summed E-state index contributed by atoms with van der Waals surface area (Å²) in [6, 6.07) is 27.3. The third-order valence-electron chi connectivity index (χ3n) is 5.33. The van der Waals surface area contributed by atoms with Crippen LogP contribution in [0.1, 0.15) is 16.7 Å². The number of pyridine rings is 1. The quantitative estimate of drug-likeness (QED) is 0.292. The summed E-state index contributed by atoms with van der Waals surface area (Å²) in [7, 11) is 0. The molecule has 0 unspecified atom stereocenters. The Hall–Kier alpha value is -3.59. The van der Waals surface area contributed by atoms with Gasteiger partial charge < -0.3 is 5.32 Å². The molecule has 3 aromatic carbocycles. The molecule has 0 bridgehead atoms. The van der Waals surface area contributed by atoms with Crippen LogP contribution in [0.3, 0.4) is 0 Å². The first-order valence-electron chi connectivity index (χ1n) is 10.7. The lowest BCUT2D eigenvalue weighted by Crippen LogP contribution is -2.15. The number of nitrogens with one attached hydrogen (secondary N) is 1. The van der Waals surface area contributed by atoms with Gasteiger partial charge in [-0.1, -0.05) is 78.0 Å². The van der Waals surface area contributed by atoms with Crippen LogP contribution in [0.2, 0.25) is 5.02 Å². The van der Waals surface area contributed by atoms with Gasteiger partial charge in [0.2, 0.25) is 5.91 Å². The Kier molecular flexibility index (Phi) is 7.32.